The fourth-order valence-corrected chi connectivity index (χ4v) is 1.56. The second-order valence-corrected chi connectivity index (χ2v) is 3.62. The molecule has 0 bridgehead atoms. The van der Waals surface area contributed by atoms with Gasteiger partial charge in [-0.25, -0.2) is 0 Å². The lowest BCUT2D eigenvalue weighted by Crippen LogP contribution is -1.87. The molecule has 14 heavy (non-hydrogen) atoms. The molecule has 1 aromatic carbocycles. The Hall–Kier alpha value is -1.22. The SMILES string of the molecule is C#CCCCc1ccc(CCC)cc1. The van der Waals surface area contributed by atoms with E-state index in [1.807, 2.05) is 0 Å². The molecule has 0 saturated heterocycles. The van der Waals surface area contributed by atoms with Crippen molar-refractivity contribution < 1.29 is 0 Å². The minimum absolute atomic E-state index is 0.886. The van der Waals surface area contributed by atoms with Crippen LogP contribution in [0.5, 0.6) is 0 Å². The Kier molecular flexibility index (Phi) is 4.86. The zero-order valence-corrected chi connectivity index (χ0v) is 8.92. The maximum absolute atomic E-state index is 5.21. The van der Waals surface area contributed by atoms with Gasteiger partial charge in [0.05, 0.1) is 0 Å². The van der Waals surface area contributed by atoms with Crippen LogP contribution in [0.3, 0.4) is 0 Å². The minimum Gasteiger partial charge on any atom is -0.120 e. The van der Waals surface area contributed by atoms with Gasteiger partial charge in [-0.05, 0) is 30.4 Å². The summed E-state index contributed by atoms with van der Waals surface area (Å²) in [5.74, 6) is 2.67. The first-order chi connectivity index (χ1) is 6.86. The molecule has 0 N–H and O–H groups in total. The normalized spacial score (nSPS) is 9.71. The average molecular weight is 186 g/mol. The summed E-state index contributed by atoms with van der Waals surface area (Å²) in [4.78, 5) is 0. The molecule has 74 valence electrons. The van der Waals surface area contributed by atoms with Gasteiger partial charge in [0.15, 0.2) is 0 Å². The highest BCUT2D eigenvalue weighted by Crippen LogP contribution is 2.09. The summed E-state index contributed by atoms with van der Waals surface area (Å²) in [7, 11) is 0. The van der Waals surface area contributed by atoms with E-state index in [4.69, 9.17) is 6.42 Å². The Balaban J connectivity index is 2.43. The van der Waals surface area contributed by atoms with E-state index >= 15 is 0 Å². The summed E-state index contributed by atoms with van der Waals surface area (Å²) < 4.78 is 0. The quantitative estimate of drug-likeness (QED) is 0.487. The van der Waals surface area contributed by atoms with E-state index in [1.165, 1.54) is 24.0 Å². The zero-order chi connectivity index (χ0) is 10.2. The Morgan fingerprint density at radius 2 is 1.64 bits per heavy atom. The predicted molar refractivity (Wildman–Crippen MR) is 62.2 cm³/mol. The molecule has 0 unspecified atom stereocenters. The van der Waals surface area contributed by atoms with E-state index < -0.39 is 0 Å². The lowest BCUT2D eigenvalue weighted by atomic mass is 10.0. The maximum atomic E-state index is 5.21. The van der Waals surface area contributed by atoms with Crippen LogP contribution in [0.4, 0.5) is 0 Å². The number of unbranched alkanes of at least 4 members (excludes halogenated alkanes) is 1. The Bertz CT molecular complexity index is 287. The average Bonchev–Trinajstić information content (AvgIpc) is 2.21. The maximum Gasteiger partial charge on any atom is 0.00892 e. The Labute approximate surface area is 87.4 Å². The first-order valence-corrected chi connectivity index (χ1v) is 5.38. The molecule has 0 aliphatic carbocycles. The first-order valence-electron chi connectivity index (χ1n) is 5.38. The first kappa shape index (κ1) is 10.9. The van der Waals surface area contributed by atoms with Gasteiger partial charge < -0.3 is 0 Å². The van der Waals surface area contributed by atoms with Crippen molar-refractivity contribution in [3.05, 3.63) is 35.4 Å². The molecule has 1 rings (SSSR count). The molecule has 0 heterocycles. The minimum atomic E-state index is 0.886. The van der Waals surface area contributed by atoms with E-state index in [0.29, 0.717) is 0 Å². The summed E-state index contributed by atoms with van der Waals surface area (Å²) in [6.45, 7) is 2.21. The largest absolute Gasteiger partial charge is 0.120 e. The third-order valence-corrected chi connectivity index (χ3v) is 2.35. The summed E-state index contributed by atoms with van der Waals surface area (Å²) in [6, 6.07) is 8.91. The fourth-order valence-electron chi connectivity index (χ4n) is 1.56. The van der Waals surface area contributed by atoms with Crippen molar-refractivity contribution >= 4 is 0 Å². The van der Waals surface area contributed by atoms with E-state index in [2.05, 4.69) is 37.1 Å². The van der Waals surface area contributed by atoms with Gasteiger partial charge in [0.2, 0.25) is 0 Å². The number of aryl methyl sites for hydroxylation is 2. The van der Waals surface area contributed by atoms with Crippen LogP contribution in [0.2, 0.25) is 0 Å². The summed E-state index contributed by atoms with van der Waals surface area (Å²) in [5, 5.41) is 0. The van der Waals surface area contributed by atoms with Crippen molar-refractivity contribution in [3.8, 4) is 12.3 Å². The third-order valence-electron chi connectivity index (χ3n) is 2.35. The van der Waals surface area contributed by atoms with Gasteiger partial charge in [-0.1, -0.05) is 37.6 Å². The van der Waals surface area contributed by atoms with Gasteiger partial charge >= 0.3 is 0 Å². The van der Waals surface area contributed by atoms with E-state index in [1.54, 1.807) is 0 Å². The highest BCUT2D eigenvalue weighted by Gasteiger charge is 1.93. The monoisotopic (exact) mass is 186 g/mol. The standard InChI is InChI=1S/C14H18/c1-3-5-6-8-14-11-9-13(7-4-2)10-12-14/h1,9-12H,4-8H2,2H3. The van der Waals surface area contributed by atoms with Gasteiger partial charge in [-0.15, -0.1) is 12.3 Å². The van der Waals surface area contributed by atoms with Crippen LogP contribution >= 0.6 is 0 Å². The van der Waals surface area contributed by atoms with E-state index in [-0.39, 0.29) is 0 Å². The van der Waals surface area contributed by atoms with Crippen molar-refractivity contribution in [1.29, 1.82) is 0 Å². The van der Waals surface area contributed by atoms with Crippen LogP contribution in [-0.4, -0.2) is 0 Å². The van der Waals surface area contributed by atoms with Crippen LogP contribution in [0.15, 0.2) is 24.3 Å². The molecule has 0 nitrogen and oxygen atoms in total. The Morgan fingerprint density at radius 1 is 1.07 bits per heavy atom. The molecular weight excluding hydrogens is 168 g/mol. The molecular formula is C14H18. The third kappa shape index (κ3) is 3.66. The Morgan fingerprint density at radius 3 is 2.14 bits per heavy atom. The van der Waals surface area contributed by atoms with Crippen LogP contribution in [-0.2, 0) is 12.8 Å². The smallest absolute Gasteiger partial charge is 0.00892 e. The number of hydrogen-bond donors (Lipinski definition) is 0. The number of hydrogen-bond acceptors (Lipinski definition) is 0. The van der Waals surface area contributed by atoms with Gasteiger partial charge in [-0.2, -0.15) is 0 Å². The van der Waals surface area contributed by atoms with Crippen LogP contribution < -0.4 is 0 Å². The second-order valence-electron chi connectivity index (χ2n) is 3.62. The summed E-state index contributed by atoms with van der Waals surface area (Å²) in [5.41, 5.74) is 2.84. The van der Waals surface area contributed by atoms with E-state index in [9.17, 15) is 0 Å². The van der Waals surface area contributed by atoms with Crippen molar-refractivity contribution in [2.45, 2.75) is 39.0 Å². The van der Waals surface area contributed by atoms with Gasteiger partial charge in [0, 0.05) is 6.42 Å². The highest BCUT2D eigenvalue weighted by molar-refractivity contribution is 5.22. The molecule has 1 aromatic rings. The van der Waals surface area contributed by atoms with Crippen molar-refractivity contribution in [1.82, 2.24) is 0 Å². The number of benzene rings is 1. The van der Waals surface area contributed by atoms with Crippen LogP contribution in [0, 0.1) is 12.3 Å². The molecule has 0 aromatic heterocycles. The molecule has 0 aliphatic rings. The molecule has 0 saturated carbocycles. The van der Waals surface area contributed by atoms with Gasteiger partial charge in [0.25, 0.3) is 0 Å². The lowest BCUT2D eigenvalue weighted by Gasteiger charge is -2.01. The molecule has 0 spiro atoms. The molecule has 0 amide bonds. The van der Waals surface area contributed by atoms with E-state index in [0.717, 1.165) is 19.3 Å². The molecule has 0 aliphatic heterocycles. The topological polar surface area (TPSA) is 0 Å². The molecule has 0 atom stereocenters. The molecule has 0 fully saturated rings. The van der Waals surface area contributed by atoms with Crippen LogP contribution in [0.25, 0.3) is 0 Å². The lowest BCUT2D eigenvalue weighted by molar-refractivity contribution is 0.855. The highest BCUT2D eigenvalue weighted by atomic mass is 14.0. The van der Waals surface area contributed by atoms with Crippen LogP contribution in [0.1, 0.15) is 37.3 Å². The second kappa shape index (κ2) is 6.27. The molecule has 0 radical (unpaired) electrons. The fraction of sp³-hybridized carbons (Fsp3) is 0.429. The predicted octanol–water partition coefficient (Wildman–Crippen LogP) is 3.60. The van der Waals surface area contributed by atoms with Crippen molar-refractivity contribution in [3.63, 3.8) is 0 Å². The van der Waals surface area contributed by atoms with Gasteiger partial charge in [-0.3, -0.25) is 0 Å². The van der Waals surface area contributed by atoms with Gasteiger partial charge in [0.1, 0.15) is 0 Å². The molecule has 0 heteroatoms. The summed E-state index contributed by atoms with van der Waals surface area (Å²) in [6.07, 6.45) is 10.7. The van der Waals surface area contributed by atoms with Crippen molar-refractivity contribution in [2.24, 2.45) is 0 Å². The van der Waals surface area contributed by atoms with Crippen molar-refractivity contribution in [2.75, 3.05) is 0 Å². The number of terminal acetylenes is 1. The number of rotatable bonds is 5. The zero-order valence-electron chi connectivity index (χ0n) is 8.92. The summed E-state index contributed by atoms with van der Waals surface area (Å²) >= 11 is 0.